The third-order valence-corrected chi connectivity index (χ3v) is 8.97. The Morgan fingerprint density at radius 3 is 2.50 bits per heavy atom. The van der Waals surface area contributed by atoms with Gasteiger partial charge in [0.25, 0.3) is 0 Å². The van der Waals surface area contributed by atoms with E-state index in [1.54, 1.807) is 18.0 Å². The molecule has 1 heterocycles. The lowest BCUT2D eigenvalue weighted by molar-refractivity contribution is 0.311. The maximum absolute atomic E-state index is 6.10. The Labute approximate surface area is 121 Å². The molecule has 0 aliphatic heterocycles. The van der Waals surface area contributed by atoms with Crippen LogP contribution in [0, 0.1) is 0 Å². The van der Waals surface area contributed by atoms with Gasteiger partial charge in [-0.25, -0.2) is 4.98 Å². The third kappa shape index (κ3) is 4.92. The first-order valence-electron chi connectivity index (χ1n) is 6.11. The van der Waals surface area contributed by atoms with Crippen molar-refractivity contribution in [2.45, 2.75) is 43.9 Å². The van der Waals surface area contributed by atoms with Gasteiger partial charge < -0.3 is 4.43 Å². The molecule has 5 heteroatoms. The molecule has 0 saturated heterocycles. The predicted molar refractivity (Wildman–Crippen MR) is 83.1 cm³/mol. The molecule has 102 valence electrons. The molecule has 0 amide bonds. The minimum Gasteiger partial charge on any atom is -0.416 e. The van der Waals surface area contributed by atoms with Crippen molar-refractivity contribution in [1.82, 2.24) is 4.98 Å². The van der Waals surface area contributed by atoms with Gasteiger partial charge in [-0.3, -0.25) is 0 Å². The SMILES string of the molecule is CC(C)(C)[Si](C)(C)OCCSc1ccc(Cl)cn1. The minimum atomic E-state index is -1.61. The van der Waals surface area contributed by atoms with Crippen LogP contribution >= 0.6 is 23.4 Å². The maximum atomic E-state index is 6.10. The Kier molecular flexibility index (Phi) is 5.71. The van der Waals surface area contributed by atoms with Crippen molar-refractivity contribution in [3.63, 3.8) is 0 Å². The summed E-state index contributed by atoms with van der Waals surface area (Å²) in [7, 11) is -1.61. The Bertz CT molecular complexity index is 376. The van der Waals surface area contributed by atoms with E-state index in [2.05, 4.69) is 38.8 Å². The summed E-state index contributed by atoms with van der Waals surface area (Å²) in [5, 5.41) is 1.95. The van der Waals surface area contributed by atoms with E-state index in [0.29, 0.717) is 5.02 Å². The summed E-state index contributed by atoms with van der Waals surface area (Å²) in [4.78, 5) is 4.25. The number of rotatable bonds is 5. The molecule has 1 aromatic heterocycles. The van der Waals surface area contributed by atoms with E-state index in [-0.39, 0.29) is 5.04 Å². The highest BCUT2D eigenvalue weighted by molar-refractivity contribution is 7.99. The minimum absolute atomic E-state index is 0.274. The molecule has 2 nitrogen and oxygen atoms in total. The lowest BCUT2D eigenvalue weighted by Gasteiger charge is -2.36. The summed E-state index contributed by atoms with van der Waals surface area (Å²) < 4.78 is 6.10. The first kappa shape index (κ1) is 16.0. The lowest BCUT2D eigenvalue weighted by Crippen LogP contribution is -2.41. The average molecular weight is 304 g/mol. The number of halogens is 1. The van der Waals surface area contributed by atoms with Gasteiger partial charge in [0.2, 0.25) is 0 Å². The van der Waals surface area contributed by atoms with Crippen molar-refractivity contribution in [1.29, 1.82) is 0 Å². The monoisotopic (exact) mass is 303 g/mol. The zero-order valence-corrected chi connectivity index (χ0v) is 14.4. The van der Waals surface area contributed by atoms with Gasteiger partial charge in [-0.05, 0) is 30.3 Å². The fourth-order valence-electron chi connectivity index (χ4n) is 1.11. The first-order valence-corrected chi connectivity index (χ1v) is 10.4. The van der Waals surface area contributed by atoms with Crippen LogP contribution in [0.2, 0.25) is 23.2 Å². The quantitative estimate of drug-likeness (QED) is 0.441. The van der Waals surface area contributed by atoms with Crippen molar-refractivity contribution in [2.24, 2.45) is 0 Å². The molecule has 0 atom stereocenters. The number of hydrogen-bond acceptors (Lipinski definition) is 3. The fraction of sp³-hybridized carbons (Fsp3) is 0.615. The fourth-order valence-corrected chi connectivity index (χ4v) is 3.08. The second-order valence-electron chi connectivity index (χ2n) is 5.77. The molecule has 0 fully saturated rings. The largest absolute Gasteiger partial charge is 0.416 e. The molecule has 1 rings (SSSR count). The Hall–Kier alpha value is -0.0331. The van der Waals surface area contributed by atoms with Crippen LogP contribution in [0.5, 0.6) is 0 Å². The van der Waals surface area contributed by atoms with Crippen LogP contribution in [0.15, 0.2) is 23.4 Å². The van der Waals surface area contributed by atoms with Gasteiger partial charge in [0.15, 0.2) is 8.32 Å². The molecule has 0 spiro atoms. The highest BCUT2D eigenvalue weighted by Crippen LogP contribution is 2.36. The van der Waals surface area contributed by atoms with Gasteiger partial charge in [0, 0.05) is 18.6 Å². The smallest absolute Gasteiger partial charge is 0.192 e. The predicted octanol–water partition coefficient (Wildman–Crippen LogP) is 4.85. The van der Waals surface area contributed by atoms with Crippen molar-refractivity contribution in [2.75, 3.05) is 12.4 Å². The zero-order chi connectivity index (χ0) is 13.8. The van der Waals surface area contributed by atoms with Crippen LogP contribution < -0.4 is 0 Å². The normalized spacial score (nSPS) is 12.8. The summed E-state index contributed by atoms with van der Waals surface area (Å²) in [5.41, 5.74) is 0. The van der Waals surface area contributed by atoms with Gasteiger partial charge in [-0.1, -0.05) is 32.4 Å². The van der Waals surface area contributed by atoms with Crippen LogP contribution in [0.3, 0.4) is 0 Å². The van der Waals surface area contributed by atoms with Crippen molar-refractivity contribution in [3.05, 3.63) is 23.4 Å². The second-order valence-corrected chi connectivity index (χ2v) is 12.1. The van der Waals surface area contributed by atoms with Crippen molar-refractivity contribution >= 4 is 31.7 Å². The Morgan fingerprint density at radius 1 is 1.33 bits per heavy atom. The molecule has 0 aliphatic rings. The number of nitrogens with zero attached hydrogens (tertiary/aromatic N) is 1. The molecular weight excluding hydrogens is 282 g/mol. The molecule has 18 heavy (non-hydrogen) atoms. The van der Waals surface area contributed by atoms with Crippen LogP contribution in [-0.4, -0.2) is 25.7 Å². The van der Waals surface area contributed by atoms with Gasteiger partial charge in [0.05, 0.1) is 10.0 Å². The lowest BCUT2D eigenvalue weighted by atomic mass is 10.2. The number of aromatic nitrogens is 1. The van der Waals surface area contributed by atoms with Gasteiger partial charge in [0.1, 0.15) is 0 Å². The Morgan fingerprint density at radius 2 is 2.00 bits per heavy atom. The zero-order valence-electron chi connectivity index (χ0n) is 11.8. The number of thioether (sulfide) groups is 1. The maximum Gasteiger partial charge on any atom is 0.192 e. The summed E-state index contributed by atoms with van der Waals surface area (Å²) in [5.74, 6) is 0.932. The second kappa shape index (κ2) is 6.42. The van der Waals surface area contributed by atoms with Crippen LogP contribution in [0.4, 0.5) is 0 Å². The molecule has 0 aliphatic carbocycles. The molecule has 1 aromatic rings. The standard InChI is InChI=1S/C13H22ClNOSSi/c1-13(2,3)18(4,5)16-8-9-17-12-7-6-11(14)10-15-12/h6-7,10H,8-9H2,1-5H3. The molecule has 0 bridgehead atoms. The highest BCUT2D eigenvalue weighted by Gasteiger charge is 2.36. The summed E-state index contributed by atoms with van der Waals surface area (Å²) in [6.07, 6.45) is 1.68. The van der Waals surface area contributed by atoms with Crippen LogP contribution in [0.1, 0.15) is 20.8 Å². The van der Waals surface area contributed by atoms with E-state index in [1.165, 1.54) is 0 Å². The van der Waals surface area contributed by atoms with Gasteiger partial charge >= 0.3 is 0 Å². The molecule has 0 aromatic carbocycles. The molecule has 0 saturated carbocycles. The van der Waals surface area contributed by atoms with E-state index in [1.807, 2.05) is 12.1 Å². The highest BCUT2D eigenvalue weighted by atomic mass is 35.5. The third-order valence-electron chi connectivity index (χ3n) is 3.30. The van der Waals surface area contributed by atoms with E-state index in [0.717, 1.165) is 17.4 Å². The first-order chi connectivity index (χ1) is 8.22. The summed E-state index contributed by atoms with van der Waals surface area (Å²) in [6.45, 7) is 12.1. The number of hydrogen-bond donors (Lipinski definition) is 0. The summed E-state index contributed by atoms with van der Waals surface area (Å²) >= 11 is 7.50. The van der Waals surface area contributed by atoms with Crippen LogP contribution in [0.25, 0.3) is 0 Å². The molecule has 0 radical (unpaired) electrons. The average Bonchev–Trinajstić information content (AvgIpc) is 2.25. The van der Waals surface area contributed by atoms with Crippen molar-refractivity contribution < 1.29 is 4.43 Å². The molecule has 0 N–H and O–H groups in total. The number of pyridine rings is 1. The van der Waals surface area contributed by atoms with Gasteiger partial charge in [-0.2, -0.15) is 0 Å². The van der Waals surface area contributed by atoms with Gasteiger partial charge in [-0.15, -0.1) is 11.8 Å². The Balaban J connectivity index is 2.33. The van der Waals surface area contributed by atoms with E-state index >= 15 is 0 Å². The van der Waals surface area contributed by atoms with E-state index < -0.39 is 8.32 Å². The van der Waals surface area contributed by atoms with E-state index in [9.17, 15) is 0 Å². The topological polar surface area (TPSA) is 22.1 Å². The van der Waals surface area contributed by atoms with E-state index in [4.69, 9.17) is 16.0 Å². The van der Waals surface area contributed by atoms with Crippen LogP contribution in [-0.2, 0) is 4.43 Å². The molecule has 0 unspecified atom stereocenters. The van der Waals surface area contributed by atoms with Crippen molar-refractivity contribution in [3.8, 4) is 0 Å². The summed E-state index contributed by atoms with van der Waals surface area (Å²) in [6, 6.07) is 3.81. The molecular formula is C13H22ClNOSSi.